The highest BCUT2D eigenvalue weighted by atomic mass is 79.9. The number of halogens is 1. The van der Waals surface area contributed by atoms with Crippen LogP contribution in [0.4, 0.5) is 5.13 Å². The lowest BCUT2D eigenvalue weighted by atomic mass is 10.2. The van der Waals surface area contributed by atoms with Crippen molar-refractivity contribution >= 4 is 54.7 Å². The second-order valence-corrected chi connectivity index (χ2v) is 9.20. The first kappa shape index (κ1) is 20.7. The number of para-hydroxylation sites is 2. The molecule has 8 heteroatoms. The van der Waals surface area contributed by atoms with Gasteiger partial charge in [-0.05, 0) is 54.4 Å². The van der Waals surface area contributed by atoms with E-state index in [1.54, 1.807) is 12.3 Å². The molecule has 0 fully saturated rings. The minimum absolute atomic E-state index is 0.101. The van der Waals surface area contributed by atoms with Crippen molar-refractivity contribution in [2.75, 3.05) is 11.6 Å². The molecule has 1 amide bonds. The minimum Gasteiger partial charge on any atom is -0.485 e. The molecule has 0 N–H and O–H groups in total. The Balaban J connectivity index is 1.49. The van der Waals surface area contributed by atoms with Gasteiger partial charge in [0.15, 0.2) is 11.5 Å². The van der Waals surface area contributed by atoms with Crippen LogP contribution < -0.4 is 14.5 Å². The predicted molar refractivity (Wildman–Crippen MR) is 130 cm³/mol. The first-order chi connectivity index (χ1) is 15.6. The van der Waals surface area contributed by atoms with Crippen LogP contribution in [0.25, 0.3) is 10.2 Å². The molecule has 0 bridgehead atoms. The van der Waals surface area contributed by atoms with E-state index in [1.807, 2.05) is 67.6 Å². The molecule has 1 aromatic heterocycles. The monoisotopic (exact) mass is 507 g/mol. The van der Waals surface area contributed by atoms with Gasteiger partial charge in [0, 0.05) is 4.47 Å². The maximum Gasteiger partial charge on any atom is 0.294 e. The zero-order chi connectivity index (χ0) is 22.1. The van der Waals surface area contributed by atoms with E-state index in [0.29, 0.717) is 16.6 Å². The van der Waals surface area contributed by atoms with Gasteiger partial charge in [-0.3, -0.25) is 4.79 Å². The van der Waals surface area contributed by atoms with Gasteiger partial charge in [-0.15, -0.1) is 0 Å². The number of hydrogen-bond donors (Lipinski definition) is 0. The number of thiazole rings is 1. The highest BCUT2D eigenvalue weighted by Gasteiger charge is 2.33. The van der Waals surface area contributed by atoms with Gasteiger partial charge in [-0.1, -0.05) is 57.6 Å². The summed E-state index contributed by atoms with van der Waals surface area (Å²) >= 11 is 4.84. The lowest BCUT2D eigenvalue weighted by Gasteiger charge is -2.27. The van der Waals surface area contributed by atoms with Crippen LogP contribution in [0, 0.1) is 6.92 Å². The Bertz CT molecular complexity index is 1320. The van der Waals surface area contributed by atoms with Gasteiger partial charge in [0.25, 0.3) is 5.91 Å². The zero-order valence-electron chi connectivity index (χ0n) is 17.1. The first-order valence-electron chi connectivity index (χ1n) is 9.96. The third-order valence-corrected chi connectivity index (χ3v) is 6.42. The van der Waals surface area contributed by atoms with E-state index in [2.05, 4.69) is 26.0 Å². The van der Waals surface area contributed by atoms with Crippen LogP contribution in [0.1, 0.15) is 11.1 Å². The number of ether oxygens (including phenoxy) is 2. The van der Waals surface area contributed by atoms with Crippen LogP contribution >= 0.6 is 27.3 Å². The molecule has 0 radical (unpaired) electrons. The van der Waals surface area contributed by atoms with E-state index < -0.39 is 6.10 Å². The molecule has 4 aromatic rings. The minimum atomic E-state index is -0.833. The number of nitrogens with zero attached hydrogens (tertiary/aromatic N) is 3. The number of hydrazone groups is 1. The summed E-state index contributed by atoms with van der Waals surface area (Å²) in [5.74, 6) is 0.814. The van der Waals surface area contributed by atoms with Crippen LogP contribution in [-0.2, 0) is 4.79 Å². The molecule has 0 saturated heterocycles. The van der Waals surface area contributed by atoms with Crippen LogP contribution in [0.15, 0.2) is 76.3 Å². The van der Waals surface area contributed by atoms with Gasteiger partial charge in [-0.2, -0.15) is 10.1 Å². The summed E-state index contributed by atoms with van der Waals surface area (Å²) in [5.41, 5.74) is 2.80. The Kier molecular flexibility index (Phi) is 5.63. The van der Waals surface area contributed by atoms with E-state index >= 15 is 0 Å². The van der Waals surface area contributed by atoms with Gasteiger partial charge in [-0.25, -0.2) is 4.98 Å². The molecule has 6 nitrogen and oxygen atoms in total. The summed E-state index contributed by atoms with van der Waals surface area (Å²) in [6, 6.07) is 21.0. The summed E-state index contributed by atoms with van der Waals surface area (Å²) in [5, 5.41) is 6.29. The van der Waals surface area contributed by atoms with Crippen molar-refractivity contribution in [3.05, 3.63) is 82.3 Å². The predicted octanol–water partition coefficient (Wildman–Crippen LogP) is 5.57. The Hall–Kier alpha value is -3.23. The van der Waals surface area contributed by atoms with E-state index in [0.717, 1.165) is 25.8 Å². The van der Waals surface area contributed by atoms with Crippen molar-refractivity contribution in [2.24, 2.45) is 5.10 Å². The number of hydrogen-bond acceptors (Lipinski definition) is 6. The van der Waals surface area contributed by atoms with Gasteiger partial charge in [0.05, 0.1) is 16.4 Å². The quantitative estimate of drug-likeness (QED) is 0.267. The third-order valence-electron chi connectivity index (χ3n) is 4.90. The molecule has 3 aromatic carbocycles. The number of carbonyl (C=O) groups excluding carboxylic acids is 1. The van der Waals surface area contributed by atoms with Gasteiger partial charge in [0.1, 0.15) is 6.61 Å². The maximum atomic E-state index is 13.5. The second-order valence-electron chi connectivity index (χ2n) is 7.28. The first-order valence-corrected chi connectivity index (χ1v) is 11.6. The number of fused-ring (bicyclic) bond motifs is 2. The van der Waals surface area contributed by atoms with Crippen LogP contribution in [0.2, 0.25) is 0 Å². The van der Waals surface area contributed by atoms with Crippen molar-refractivity contribution < 1.29 is 14.3 Å². The molecule has 1 atom stereocenters. The largest absolute Gasteiger partial charge is 0.485 e. The normalized spacial score (nSPS) is 15.2. The summed E-state index contributed by atoms with van der Waals surface area (Å²) < 4.78 is 13.6. The van der Waals surface area contributed by atoms with Gasteiger partial charge >= 0.3 is 0 Å². The van der Waals surface area contributed by atoms with Gasteiger partial charge < -0.3 is 9.47 Å². The molecular weight excluding hydrogens is 490 g/mol. The second kappa shape index (κ2) is 8.72. The molecule has 5 rings (SSSR count). The number of aryl methyl sites for hydroxylation is 1. The van der Waals surface area contributed by atoms with E-state index in [4.69, 9.17) is 9.47 Å². The Morgan fingerprint density at radius 1 is 1.16 bits per heavy atom. The Morgan fingerprint density at radius 2 is 1.94 bits per heavy atom. The van der Waals surface area contributed by atoms with Crippen molar-refractivity contribution in [2.45, 2.75) is 13.0 Å². The number of rotatable bonds is 4. The number of carbonyl (C=O) groups is 1. The molecule has 32 heavy (non-hydrogen) atoms. The summed E-state index contributed by atoms with van der Waals surface area (Å²) in [6.07, 6.45) is 0.806. The fourth-order valence-electron chi connectivity index (χ4n) is 3.26. The number of anilines is 1. The topological polar surface area (TPSA) is 64.0 Å². The van der Waals surface area contributed by atoms with Crippen LogP contribution in [-0.4, -0.2) is 29.8 Å². The van der Waals surface area contributed by atoms with Crippen molar-refractivity contribution in [1.82, 2.24) is 4.98 Å². The van der Waals surface area contributed by atoms with Gasteiger partial charge in [0.2, 0.25) is 11.2 Å². The average molecular weight is 508 g/mol. The number of aromatic nitrogens is 1. The average Bonchev–Trinajstić information content (AvgIpc) is 3.22. The summed E-state index contributed by atoms with van der Waals surface area (Å²) in [4.78, 5) is 18.1. The van der Waals surface area contributed by atoms with E-state index in [-0.39, 0.29) is 12.5 Å². The van der Waals surface area contributed by atoms with Crippen LogP contribution in [0.5, 0.6) is 11.5 Å². The van der Waals surface area contributed by atoms with Crippen LogP contribution in [0.3, 0.4) is 0 Å². The van der Waals surface area contributed by atoms with E-state index in [1.165, 1.54) is 16.3 Å². The fourth-order valence-corrected chi connectivity index (χ4v) is 4.55. The molecular formula is C24H18BrN3O3S. The molecule has 2 heterocycles. The summed E-state index contributed by atoms with van der Waals surface area (Å²) in [7, 11) is 0. The molecule has 1 aliphatic heterocycles. The fraction of sp³-hybridized carbons (Fsp3) is 0.125. The third kappa shape index (κ3) is 4.24. The highest BCUT2D eigenvalue weighted by Crippen LogP contribution is 2.34. The lowest BCUT2D eigenvalue weighted by molar-refractivity contribution is -0.127. The molecule has 1 aliphatic rings. The van der Waals surface area contributed by atoms with Crippen molar-refractivity contribution in [3.63, 3.8) is 0 Å². The number of amides is 1. The smallest absolute Gasteiger partial charge is 0.294 e. The number of benzene rings is 3. The zero-order valence-corrected chi connectivity index (χ0v) is 19.5. The highest BCUT2D eigenvalue weighted by molar-refractivity contribution is 9.10. The maximum absolute atomic E-state index is 13.5. The standard InChI is InChI=1S/C24H18BrN3O3S/c1-15-6-11-18-22(12-15)32-24(27-18)28(26-13-16-7-9-17(25)10-8-16)23(29)21-14-30-19-4-2-3-5-20(19)31-21/h2-13,21H,14H2,1H3/b26-13+. The molecule has 0 aliphatic carbocycles. The SMILES string of the molecule is Cc1ccc2nc(N(/N=C/c3ccc(Br)cc3)C(=O)C3COc4ccccc4O3)sc2c1. The molecule has 1 unspecified atom stereocenters. The molecule has 160 valence electrons. The summed E-state index contributed by atoms with van der Waals surface area (Å²) in [6.45, 7) is 2.13. The lowest BCUT2D eigenvalue weighted by Crippen LogP contribution is -2.44. The van der Waals surface area contributed by atoms with Crippen molar-refractivity contribution in [1.29, 1.82) is 0 Å². The Morgan fingerprint density at radius 3 is 2.75 bits per heavy atom. The Labute approximate surface area is 197 Å². The van der Waals surface area contributed by atoms with E-state index in [9.17, 15) is 4.79 Å². The molecule has 0 saturated carbocycles. The van der Waals surface area contributed by atoms with Crippen molar-refractivity contribution in [3.8, 4) is 11.5 Å². The molecule has 0 spiro atoms.